The van der Waals surface area contributed by atoms with Gasteiger partial charge in [0.25, 0.3) is 5.91 Å². The number of rotatable bonds is 3. The molecule has 1 aliphatic heterocycles. The molecule has 0 saturated heterocycles. The predicted molar refractivity (Wildman–Crippen MR) is 87.0 cm³/mol. The van der Waals surface area contributed by atoms with Crippen LogP contribution in [0.3, 0.4) is 0 Å². The number of nitrogens with one attached hydrogen (secondary N) is 1. The Morgan fingerprint density at radius 2 is 2.05 bits per heavy atom. The van der Waals surface area contributed by atoms with Crippen LogP contribution in [0, 0.1) is 0 Å². The molecule has 1 aliphatic rings. The van der Waals surface area contributed by atoms with Gasteiger partial charge in [-0.2, -0.15) is 9.98 Å². The molecule has 110 valence electrons. The topological polar surface area (TPSA) is 123 Å². The molecule has 5 N–H and O–H groups in total. The first-order chi connectivity index (χ1) is 9.94. The molecule has 1 heterocycles. The number of nitrogens with two attached hydrogens (primary N) is 2. The van der Waals surface area contributed by atoms with E-state index in [1.165, 1.54) is 0 Å². The summed E-state index contributed by atoms with van der Waals surface area (Å²) in [5, 5.41) is 2.29. The number of thioether (sulfide) groups is 1. The van der Waals surface area contributed by atoms with Gasteiger partial charge in [0.1, 0.15) is 5.25 Å². The van der Waals surface area contributed by atoms with Crippen molar-refractivity contribution in [2.45, 2.75) is 11.7 Å². The quantitative estimate of drug-likeness (QED) is 0.542. The highest BCUT2D eigenvalue weighted by atomic mass is 79.9. The standard InChI is InChI=1S/C12H12BrN5O2S/c13-6-1-3-7(4-2-6)16-9(19)5-8-10(20)17-12(21-8)18-11(14)15/h1-4,8H,5H2,(H,16,19)(H4,14,15,17,18,20)/t8-/m1/s1. The fourth-order valence-corrected chi connectivity index (χ4v) is 2.78. The van der Waals surface area contributed by atoms with Crippen LogP contribution in [0.1, 0.15) is 6.42 Å². The molecule has 21 heavy (non-hydrogen) atoms. The minimum absolute atomic E-state index is 0.00651. The minimum Gasteiger partial charge on any atom is -0.370 e. The van der Waals surface area contributed by atoms with Crippen molar-refractivity contribution in [3.63, 3.8) is 0 Å². The van der Waals surface area contributed by atoms with Crippen LogP contribution in [0.5, 0.6) is 0 Å². The SMILES string of the molecule is NC(N)=NC1=NC(=O)[C@@H](CC(=O)Nc2ccc(Br)cc2)S1. The van der Waals surface area contributed by atoms with Crippen molar-refractivity contribution >= 4 is 56.3 Å². The van der Waals surface area contributed by atoms with Crippen molar-refractivity contribution in [3.8, 4) is 0 Å². The summed E-state index contributed by atoms with van der Waals surface area (Å²) >= 11 is 4.38. The van der Waals surface area contributed by atoms with Crippen LogP contribution in [0.25, 0.3) is 0 Å². The van der Waals surface area contributed by atoms with E-state index >= 15 is 0 Å². The van der Waals surface area contributed by atoms with Gasteiger partial charge in [0, 0.05) is 16.6 Å². The van der Waals surface area contributed by atoms with E-state index in [1.807, 2.05) is 12.1 Å². The molecular weight excluding hydrogens is 358 g/mol. The minimum atomic E-state index is -0.599. The summed E-state index contributed by atoms with van der Waals surface area (Å²) < 4.78 is 0.914. The molecule has 0 radical (unpaired) electrons. The van der Waals surface area contributed by atoms with Crippen molar-refractivity contribution in [2.75, 3.05) is 5.32 Å². The Labute approximate surface area is 133 Å². The average molecular weight is 370 g/mol. The monoisotopic (exact) mass is 369 g/mol. The first-order valence-electron chi connectivity index (χ1n) is 5.88. The lowest BCUT2D eigenvalue weighted by Gasteiger charge is -2.07. The van der Waals surface area contributed by atoms with E-state index in [0.717, 1.165) is 16.2 Å². The van der Waals surface area contributed by atoms with Gasteiger partial charge in [0.05, 0.1) is 0 Å². The number of benzene rings is 1. The Morgan fingerprint density at radius 3 is 2.67 bits per heavy atom. The maximum Gasteiger partial charge on any atom is 0.262 e. The van der Waals surface area contributed by atoms with Crippen molar-refractivity contribution in [1.29, 1.82) is 0 Å². The number of halogens is 1. The molecule has 0 aliphatic carbocycles. The van der Waals surface area contributed by atoms with Gasteiger partial charge < -0.3 is 16.8 Å². The number of anilines is 1. The second-order valence-corrected chi connectivity index (χ2v) is 6.22. The van der Waals surface area contributed by atoms with E-state index in [9.17, 15) is 9.59 Å². The normalized spacial score (nSPS) is 17.3. The lowest BCUT2D eigenvalue weighted by atomic mass is 10.2. The summed E-state index contributed by atoms with van der Waals surface area (Å²) in [4.78, 5) is 31.0. The first kappa shape index (κ1) is 15.5. The van der Waals surface area contributed by atoms with Gasteiger partial charge in [-0.3, -0.25) is 9.59 Å². The second kappa shape index (κ2) is 6.72. The van der Waals surface area contributed by atoms with Crippen molar-refractivity contribution in [2.24, 2.45) is 21.5 Å². The van der Waals surface area contributed by atoms with Crippen LogP contribution in [-0.2, 0) is 9.59 Å². The Morgan fingerprint density at radius 1 is 1.38 bits per heavy atom. The zero-order valence-corrected chi connectivity index (χ0v) is 13.1. The number of carbonyl (C=O) groups is 2. The first-order valence-corrected chi connectivity index (χ1v) is 7.55. The van der Waals surface area contributed by atoms with Crippen molar-refractivity contribution in [1.82, 2.24) is 0 Å². The third kappa shape index (κ3) is 4.57. The third-order valence-electron chi connectivity index (χ3n) is 2.45. The van der Waals surface area contributed by atoms with Crippen LogP contribution in [0.2, 0.25) is 0 Å². The zero-order valence-electron chi connectivity index (χ0n) is 10.7. The summed E-state index contributed by atoms with van der Waals surface area (Å²) in [6.45, 7) is 0. The summed E-state index contributed by atoms with van der Waals surface area (Å²) in [5.41, 5.74) is 11.1. The summed E-state index contributed by atoms with van der Waals surface area (Å²) in [6, 6.07) is 7.13. The molecule has 1 aromatic rings. The Hall–Kier alpha value is -1.87. The molecule has 0 fully saturated rings. The van der Waals surface area contributed by atoms with E-state index in [4.69, 9.17) is 11.5 Å². The molecule has 2 rings (SSSR count). The molecule has 0 aromatic heterocycles. The molecule has 7 nitrogen and oxygen atoms in total. The molecular formula is C12H12BrN5O2S. The van der Waals surface area contributed by atoms with E-state index in [-0.39, 0.29) is 23.5 Å². The van der Waals surface area contributed by atoms with Gasteiger partial charge in [0.15, 0.2) is 11.1 Å². The van der Waals surface area contributed by atoms with Crippen LogP contribution in [-0.4, -0.2) is 28.2 Å². The highest BCUT2D eigenvalue weighted by molar-refractivity contribution is 9.10. The molecule has 2 amide bonds. The molecule has 1 atom stereocenters. The summed E-state index contributed by atoms with van der Waals surface area (Å²) in [5.74, 6) is -0.857. The average Bonchev–Trinajstić information content (AvgIpc) is 2.71. The zero-order chi connectivity index (χ0) is 15.4. The Kier molecular flexibility index (Phi) is 4.97. The number of hydrogen-bond acceptors (Lipinski definition) is 4. The van der Waals surface area contributed by atoms with Gasteiger partial charge in [0.2, 0.25) is 5.91 Å². The van der Waals surface area contributed by atoms with E-state index < -0.39 is 11.2 Å². The molecule has 1 aromatic carbocycles. The summed E-state index contributed by atoms with van der Waals surface area (Å²) in [7, 11) is 0. The molecule has 0 spiro atoms. The number of nitrogens with zero attached hydrogens (tertiary/aromatic N) is 2. The smallest absolute Gasteiger partial charge is 0.262 e. The number of guanidine groups is 1. The van der Waals surface area contributed by atoms with Crippen LogP contribution in [0.4, 0.5) is 5.69 Å². The van der Waals surface area contributed by atoms with Gasteiger partial charge in [-0.1, -0.05) is 27.7 Å². The lowest BCUT2D eigenvalue weighted by molar-refractivity contribution is -0.121. The highest BCUT2D eigenvalue weighted by Crippen LogP contribution is 2.26. The number of carbonyl (C=O) groups excluding carboxylic acids is 2. The van der Waals surface area contributed by atoms with Crippen LogP contribution >= 0.6 is 27.7 Å². The van der Waals surface area contributed by atoms with E-state index in [0.29, 0.717) is 5.69 Å². The summed E-state index contributed by atoms with van der Waals surface area (Å²) in [6.07, 6.45) is 0.00651. The van der Waals surface area contributed by atoms with Crippen molar-refractivity contribution < 1.29 is 9.59 Å². The van der Waals surface area contributed by atoms with Gasteiger partial charge in [-0.15, -0.1) is 0 Å². The molecule has 0 bridgehead atoms. The predicted octanol–water partition coefficient (Wildman–Crippen LogP) is 1.05. The maximum absolute atomic E-state index is 11.9. The van der Waals surface area contributed by atoms with Crippen LogP contribution < -0.4 is 16.8 Å². The largest absolute Gasteiger partial charge is 0.370 e. The van der Waals surface area contributed by atoms with Crippen LogP contribution in [0.15, 0.2) is 38.7 Å². The van der Waals surface area contributed by atoms with Crippen molar-refractivity contribution in [3.05, 3.63) is 28.7 Å². The molecule has 0 unspecified atom stereocenters. The maximum atomic E-state index is 11.9. The molecule has 0 saturated carbocycles. The third-order valence-corrected chi connectivity index (χ3v) is 4.03. The van der Waals surface area contributed by atoms with Gasteiger partial charge in [-0.05, 0) is 24.3 Å². The lowest BCUT2D eigenvalue weighted by Crippen LogP contribution is -2.23. The fraction of sp³-hybridized carbons (Fsp3) is 0.167. The highest BCUT2D eigenvalue weighted by Gasteiger charge is 2.30. The van der Waals surface area contributed by atoms with E-state index in [1.54, 1.807) is 12.1 Å². The fourth-order valence-electron chi connectivity index (χ4n) is 1.57. The van der Waals surface area contributed by atoms with Gasteiger partial charge in [-0.25, -0.2) is 0 Å². The molecule has 9 heteroatoms. The Bertz CT molecular complexity index is 625. The second-order valence-electron chi connectivity index (χ2n) is 4.13. The number of aliphatic imine (C=N–C) groups is 2. The van der Waals surface area contributed by atoms with E-state index in [2.05, 4.69) is 31.2 Å². The number of hydrogen-bond donors (Lipinski definition) is 3. The Balaban J connectivity index is 1.91. The number of amidine groups is 1. The number of amides is 2. The van der Waals surface area contributed by atoms with Gasteiger partial charge >= 0.3 is 0 Å².